The second-order valence-corrected chi connectivity index (χ2v) is 7.87. The third kappa shape index (κ3) is 5.11. The lowest BCUT2D eigenvalue weighted by molar-refractivity contribution is 0.128. The first-order valence-electron chi connectivity index (χ1n) is 11.3. The zero-order chi connectivity index (χ0) is 23.9. The fraction of sp³-hybridized carbons (Fsp3) is 0.320. The van der Waals surface area contributed by atoms with E-state index in [1.807, 2.05) is 54.6 Å². The minimum absolute atomic E-state index is 0.174. The molecular formula is C25H30N6O3. The number of carbonyl (C=O) groups excluding carboxylic acids is 1. The van der Waals surface area contributed by atoms with Crippen LogP contribution in [0.4, 0.5) is 16.3 Å². The molecule has 2 aromatic carbocycles. The molecule has 0 aliphatic heterocycles. The Hall–Kier alpha value is -3.69. The largest absolute Gasteiger partial charge is 0.384 e. The van der Waals surface area contributed by atoms with Crippen LogP contribution in [-0.2, 0) is 22.4 Å². The minimum atomic E-state index is -0.174. The number of carbonyl (C=O) groups is 1. The van der Waals surface area contributed by atoms with E-state index in [4.69, 9.17) is 20.2 Å². The van der Waals surface area contributed by atoms with Crippen molar-refractivity contribution in [3.8, 4) is 0 Å². The van der Waals surface area contributed by atoms with E-state index in [1.54, 1.807) is 19.1 Å². The molecule has 9 nitrogen and oxygen atoms in total. The first-order valence-corrected chi connectivity index (χ1v) is 11.3. The molecule has 4 aromatic rings. The molecule has 2 amide bonds. The van der Waals surface area contributed by atoms with Gasteiger partial charge in [0.05, 0.1) is 30.9 Å². The number of nitrogens with two attached hydrogens (primary N) is 1. The number of para-hydroxylation sites is 2. The van der Waals surface area contributed by atoms with E-state index < -0.39 is 0 Å². The van der Waals surface area contributed by atoms with Gasteiger partial charge in [-0.25, -0.2) is 14.8 Å². The second-order valence-electron chi connectivity index (χ2n) is 7.87. The lowest BCUT2D eigenvalue weighted by Gasteiger charge is -2.18. The Kier molecular flexibility index (Phi) is 7.56. The van der Waals surface area contributed by atoms with Crippen LogP contribution >= 0.6 is 0 Å². The molecule has 0 bridgehead atoms. The van der Waals surface area contributed by atoms with Gasteiger partial charge in [0, 0.05) is 44.7 Å². The van der Waals surface area contributed by atoms with Gasteiger partial charge < -0.3 is 25.1 Å². The number of methoxy groups -OCH3 is 1. The summed E-state index contributed by atoms with van der Waals surface area (Å²) in [5.41, 5.74) is 9.54. The Morgan fingerprint density at radius 3 is 2.62 bits per heavy atom. The third-order valence-electron chi connectivity index (χ3n) is 5.65. The summed E-state index contributed by atoms with van der Waals surface area (Å²) >= 11 is 0. The van der Waals surface area contributed by atoms with Crippen LogP contribution < -0.4 is 16.0 Å². The Morgan fingerprint density at radius 1 is 1.06 bits per heavy atom. The number of rotatable bonds is 10. The highest BCUT2D eigenvalue weighted by Gasteiger charge is 2.17. The molecule has 0 spiro atoms. The standard InChI is InChI=1S/C25H30N6O3/c1-30(18-8-4-3-5-9-18)25(32)27-13-16-34-17-14-31-21(12-15-33-2)29-22-23(31)19-10-6-7-11-20(19)28-24(22)26/h3-11H,12-17H2,1-2H3,(H2,26,28)(H,27,32). The van der Waals surface area contributed by atoms with Gasteiger partial charge in [-0.05, 0) is 18.2 Å². The molecule has 2 aromatic heterocycles. The molecule has 0 aliphatic rings. The Balaban J connectivity index is 1.39. The predicted molar refractivity (Wildman–Crippen MR) is 134 cm³/mol. The van der Waals surface area contributed by atoms with E-state index >= 15 is 0 Å². The number of hydrogen-bond acceptors (Lipinski definition) is 6. The Morgan fingerprint density at radius 2 is 1.82 bits per heavy atom. The fourth-order valence-electron chi connectivity index (χ4n) is 3.91. The SMILES string of the molecule is COCCc1nc2c(N)nc3ccccc3c2n1CCOCCNC(=O)N(C)c1ccccc1. The van der Waals surface area contributed by atoms with Crippen LogP contribution in [0.25, 0.3) is 21.9 Å². The minimum Gasteiger partial charge on any atom is -0.384 e. The maximum absolute atomic E-state index is 12.3. The van der Waals surface area contributed by atoms with Crippen LogP contribution in [-0.4, -0.2) is 61.1 Å². The Bertz CT molecular complexity index is 1260. The number of benzene rings is 2. The number of pyridine rings is 1. The maximum Gasteiger partial charge on any atom is 0.321 e. The maximum atomic E-state index is 12.3. The molecule has 0 saturated heterocycles. The van der Waals surface area contributed by atoms with Crippen molar-refractivity contribution in [3.05, 3.63) is 60.4 Å². The van der Waals surface area contributed by atoms with Gasteiger partial charge in [0.25, 0.3) is 0 Å². The molecule has 0 radical (unpaired) electrons. The molecule has 0 fully saturated rings. The smallest absolute Gasteiger partial charge is 0.321 e. The molecule has 0 atom stereocenters. The first kappa shape index (κ1) is 23.5. The normalized spacial score (nSPS) is 11.2. The molecule has 4 rings (SSSR count). The fourth-order valence-corrected chi connectivity index (χ4v) is 3.91. The number of fused-ring (bicyclic) bond motifs is 3. The van der Waals surface area contributed by atoms with E-state index in [0.717, 1.165) is 27.9 Å². The zero-order valence-corrected chi connectivity index (χ0v) is 19.5. The number of imidazole rings is 1. The van der Waals surface area contributed by atoms with E-state index in [-0.39, 0.29) is 6.03 Å². The van der Waals surface area contributed by atoms with Crippen molar-refractivity contribution in [1.29, 1.82) is 0 Å². The molecule has 0 aliphatic carbocycles. The van der Waals surface area contributed by atoms with Crippen LogP contribution in [0.1, 0.15) is 5.82 Å². The average Bonchev–Trinajstić information content (AvgIpc) is 3.24. The van der Waals surface area contributed by atoms with Crippen molar-refractivity contribution in [2.75, 3.05) is 51.2 Å². The van der Waals surface area contributed by atoms with Crippen molar-refractivity contribution in [2.45, 2.75) is 13.0 Å². The second kappa shape index (κ2) is 11.0. The molecule has 34 heavy (non-hydrogen) atoms. The summed E-state index contributed by atoms with van der Waals surface area (Å²) in [6.45, 7) is 2.43. The highest BCUT2D eigenvalue weighted by molar-refractivity contribution is 6.06. The van der Waals surface area contributed by atoms with Gasteiger partial charge in [-0.15, -0.1) is 0 Å². The Labute approximate surface area is 198 Å². The molecule has 0 saturated carbocycles. The molecule has 9 heteroatoms. The molecule has 3 N–H and O–H groups in total. The van der Waals surface area contributed by atoms with Gasteiger partial charge in [-0.1, -0.05) is 36.4 Å². The zero-order valence-electron chi connectivity index (χ0n) is 19.5. The summed E-state index contributed by atoms with van der Waals surface area (Å²) in [5.74, 6) is 1.29. The quantitative estimate of drug-likeness (QED) is 0.351. The van der Waals surface area contributed by atoms with Crippen LogP contribution in [0.3, 0.4) is 0 Å². The third-order valence-corrected chi connectivity index (χ3v) is 5.65. The van der Waals surface area contributed by atoms with Crippen LogP contribution in [0, 0.1) is 0 Å². The number of nitrogens with zero attached hydrogens (tertiary/aromatic N) is 4. The average molecular weight is 463 g/mol. The molecular weight excluding hydrogens is 432 g/mol. The van der Waals surface area contributed by atoms with Crippen molar-refractivity contribution < 1.29 is 14.3 Å². The van der Waals surface area contributed by atoms with Gasteiger partial charge in [0.2, 0.25) is 0 Å². The van der Waals surface area contributed by atoms with Crippen LogP contribution in [0.5, 0.6) is 0 Å². The first-order chi connectivity index (χ1) is 16.6. The lowest BCUT2D eigenvalue weighted by Crippen LogP contribution is -2.38. The summed E-state index contributed by atoms with van der Waals surface area (Å²) in [7, 11) is 3.41. The number of ether oxygens (including phenoxy) is 2. The van der Waals surface area contributed by atoms with Crippen molar-refractivity contribution in [2.24, 2.45) is 0 Å². The number of urea groups is 1. The van der Waals surface area contributed by atoms with E-state index in [9.17, 15) is 4.79 Å². The van der Waals surface area contributed by atoms with Crippen molar-refractivity contribution >= 4 is 39.5 Å². The van der Waals surface area contributed by atoms with Gasteiger partial charge in [0.1, 0.15) is 11.3 Å². The van der Waals surface area contributed by atoms with Crippen molar-refractivity contribution in [3.63, 3.8) is 0 Å². The summed E-state index contributed by atoms with van der Waals surface area (Å²) in [4.78, 5) is 23.2. The van der Waals surface area contributed by atoms with Gasteiger partial charge in [-0.2, -0.15) is 0 Å². The lowest BCUT2D eigenvalue weighted by atomic mass is 10.2. The van der Waals surface area contributed by atoms with Gasteiger partial charge in [-0.3, -0.25) is 4.90 Å². The summed E-state index contributed by atoms with van der Waals surface area (Å²) in [6, 6.07) is 17.2. The highest BCUT2D eigenvalue weighted by Crippen LogP contribution is 2.28. The van der Waals surface area contributed by atoms with E-state index in [1.165, 1.54) is 0 Å². The van der Waals surface area contributed by atoms with E-state index in [0.29, 0.717) is 50.7 Å². The molecule has 178 valence electrons. The van der Waals surface area contributed by atoms with Gasteiger partial charge >= 0.3 is 6.03 Å². The molecule has 0 unspecified atom stereocenters. The summed E-state index contributed by atoms with van der Waals surface area (Å²) < 4.78 is 13.2. The number of nitrogen functional groups attached to an aromatic ring is 1. The van der Waals surface area contributed by atoms with Crippen LogP contribution in [0.15, 0.2) is 54.6 Å². The number of anilines is 2. The predicted octanol–water partition coefficient (Wildman–Crippen LogP) is 3.22. The van der Waals surface area contributed by atoms with Crippen LogP contribution in [0.2, 0.25) is 0 Å². The topological polar surface area (TPSA) is 108 Å². The number of aromatic nitrogens is 3. The molecule has 2 heterocycles. The summed E-state index contributed by atoms with van der Waals surface area (Å²) in [6.07, 6.45) is 0.654. The summed E-state index contributed by atoms with van der Waals surface area (Å²) in [5, 5.41) is 3.88. The number of hydrogen-bond donors (Lipinski definition) is 2. The van der Waals surface area contributed by atoms with Crippen molar-refractivity contribution in [1.82, 2.24) is 19.9 Å². The van der Waals surface area contributed by atoms with Gasteiger partial charge in [0.15, 0.2) is 5.82 Å². The number of amides is 2. The number of nitrogens with one attached hydrogen (secondary N) is 1. The highest BCUT2D eigenvalue weighted by atomic mass is 16.5. The monoisotopic (exact) mass is 462 g/mol. The van der Waals surface area contributed by atoms with E-state index in [2.05, 4.69) is 14.9 Å².